The topological polar surface area (TPSA) is 72.9 Å². The molecule has 2 atom stereocenters. The maximum absolute atomic E-state index is 11.5. The highest BCUT2D eigenvalue weighted by Gasteiger charge is 2.29. The van der Waals surface area contributed by atoms with Crippen LogP contribution in [0.25, 0.3) is 0 Å². The zero-order valence-corrected chi connectivity index (χ0v) is 11.9. The van der Waals surface area contributed by atoms with E-state index in [1.54, 1.807) is 0 Å². The van der Waals surface area contributed by atoms with Gasteiger partial charge in [-0.15, -0.1) is 0 Å². The minimum Gasteiger partial charge on any atom is -0.369 e. The molecular weight excluding hydrogens is 240 g/mol. The fourth-order valence-corrected chi connectivity index (χ4v) is 2.99. The lowest BCUT2D eigenvalue weighted by molar-refractivity contribution is -0.123. The van der Waals surface area contributed by atoms with E-state index in [9.17, 15) is 4.79 Å². The third kappa shape index (κ3) is 3.35. The van der Waals surface area contributed by atoms with E-state index in [2.05, 4.69) is 17.3 Å². The van der Waals surface area contributed by atoms with Gasteiger partial charge in [-0.3, -0.25) is 9.48 Å². The number of primary amides is 1. The second-order valence-corrected chi connectivity index (χ2v) is 5.41. The van der Waals surface area contributed by atoms with Crippen molar-refractivity contribution in [1.29, 1.82) is 0 Å². The first-order chi connectivity index (χ1) is 9.11. The van der Waals surface area contributed by atoms with Crippen molar-refractivity contribution in [3.8, 4) is 0 Å². The third-order valence-corrected chi connectivity index (χ3v) is 4.01. The molecule has 5 nitrogen and oxygen atoms in total. The van der Waals surface area contributed by atoms with Crippen LogP contribution >= 0.6 is 0 Å². The molecule has 19 heavy (non-hydrogen) atoms. The van der Waals surface area contributed by atoms with Crippen LogP contribution in [0.2, 0.25) is 0 Å². The van der Waals surface area contributed by atoms with E-state index in [-0.39, 0.29) is 17.9 Å². The number of hydrogen-bond acceptors (Lipinski definition) is 3. The Kier molecular flexibility index (Phi) is 4.58. The van der Waals surface area contributed by atoms with E-state index in [0.29, 0.717) is 0 Å². The molecule has 1 aliphatic rings. The zero-order valence-electron chi connectivity index (χ0n) is 11.9. The molecule has 0 aromatic carbocycles. The summed E-state index contributed by atoms with van der Waals surface area (Å²) < 4.78 is 1.85. The van der Waals surface area contributed by atoms with Crippen LogP contribution in [-0.4, -0.2) is 21.7 Å². The lowest BCUT2D eigenvalue weighted by Gasteiger charge is -2.30. The number of carbonyl (C=O) groups is 1. The standard InChI is InChI=1S/C14H24N4O/c1-3-12-10(9-18(2)17-12)8-16-13-7-5-4-6-11(13)14(15)19/h9,11,13,16H,3-8H2,1-2H3,(H2,15,19)/t11-,13-/m0/s1. The van der Waals surface area contributed by atoms with Crippen molar-refractivity contribution in [1.82, 2.24) is 15.1 Å². The summed E-state index contributed by atoms with van der Waals surface area (Å²) in [5.41, 5.74) is 7.84. The molecule has 1 aliphatic carbocycles. The minimum absolute atomic E-state index is 0.0181. The summed E-state index contributed by atoms with van der Waals surface area (Å²) in [6, 6.07) is 0.219. The molecule has 1 heterocycles. The van der Waals surface area contributed by atoms with Crippen molar-refractivity contribution in [3.05, 3.63) is 17.5 Å². The predicted molar refractivity (Wildman–Crippen MR) is 74.4 cm³/mol. The lowest BCUT2D eigenvalue weighted by Crippen LogP contribution is -2.44. The van der Waals surface area contributed by atoms with Gasteiger partial charge >= 0.3 is 0 Å². The zero-order chi connectivity index (χ0) is 13.8. The molecule has 0 spiro atoms. The Morgan fingerprint density at radius 1 is 1.53 bits per heavy atom. The average molecular weight is 264 g/mol. The van der Waals surface area contributed by atoms with Gasteiger partial charge < -0.3 is 11.1 Å². The summed E-state index contributed by atoms with van der Waals surface area (Å²) >= 11 is 0. The second kappa shape index (κ2) is 6.19. The Labute approximate surface area is 114 Å². The smallest absolute Gasteiger partial charge is 0.222 e. The maximum Gasteiger partial charge on any atom is 0.222 e. The van der Waals surface area contributed by atoms with E-state index >= 15 is 0 Å². The van der Waals surface area contributed by atoms with Crippen molar-refractivity contribution >= 4 is 5.91 Å². The fraction of sp³-hybridized carbons (Fsp3) is 0.714. The van der Waals surface area contributed by atoms with Crippen LogP contribution in [0.4, 0.5) is 0 Å². The van der Waals surface area contributed by atoms with Gasteiger partial charge in [-0.2, -0.15) is 5.10 Å². The molecule has 1 aromatic heterocycles. The van der Waals surface area contributed by atoms with E-state index in [1.165, 1.54) is 12.0 Å². The van der Waals surface area contributed by atoms with Gasteiger partial charge in [0.25, 0.3) is 0 Å². The van der Waals surface area contributed by atoms with Gasteiger partial charge in [0.1, 0.15) is 0 Å². The van der Waals surface area contributed by atoms with Crippen molar-refractivity contribution in [2.75, 3.05) is 0 Å². The summed E-state index contributed by atoms with van der Waals surface area (Å²) in [5, 5.41) is 7.94. The normalized spacial score (nSPS) is 23.5. The van der Waals surface area contributed by atoms with Crippen LogP contribution in [0, 0.1) is 5.92 Å². The number of carbonyl (C=O) groups excluding carboxylic acids is 1. The van der Waals surface area contributed by atoms with Crippen LogP contribution in [0.1, 0.15) is 43.9 Å². The van der Waals surface area contributed by atoms with Crippen molar-refractivity contribution < 1.29 is 4.79 Å². The number of aromatic nitrogens is 2. The SMILES string of the molecule is CCc1nn(C)cc1CN[C@H]1CCCC[C@@H]1C(N)=O. The van der Waals surface area contributed by atoms with Gasteiger partial charge in [-0.1, -0.05) is 19.8 Å². The molecule has 5 heteroatoms. The van der Waals surface area contributed by atoms with Gasteiger partial charge in [0.05, 0.1) is 11.6 Å². The van der Waals surface area contributed by atoms with Crippen LogP contribution in [0.3, 0.4) is 0 Å². The fourth-order valence-electron chi connectivity index (χ4n) is 2.99. The van der Waals surface area contributed by atoms with Crippen molar-refractivity contribution in [2.24, 2.45) is 18.7 Å². The summed E-state index contributed by atoms with van der Waals surface area (Å²) in [7, 11) is 1.94. The summed E-state index contributed by atoms with van der Waals surface area (Å²) in [4.78, 5) is 11.5. The second-order valence-electron chi connectivity index (χ2n) is 5.41. The van der Waals surface area contributed by atoms with E-state index in [4.69, 9.17) is 5.73 Å². The van der Waals surface area contributed by atoms with E-state index in [0.717, 1.165) is 37.9 Å². The molecule has 0 aliphatic heterocycles. The minimum atomic E-state index is -0.167. The average Bonchev–Trinajstić information content (AvgIpc) is 2.77. The Balaban J connectivity index is 1.98. The molecule has 0 unspecified atom stereocenters. The number of amides is 1. The molecule has 0 bridgehead atoms. The molecule has 0 radical (unpaired) electrons. The van der Waals surface area contributed by atoms with Crippen molar-refractivity contribution in [3.63, 3.8) is 0 Å². The molecular formula is C14H24N4O. The van der Waals surface area contributed by atoms with Gasteiger partial charge in [-0.25, -0.2) is 0 Å². The highest BCUT2D eigenvalue weighted by Crippen LogP contribution is 2.24. The molecule has 3 N–H and O–H groups in total. The molecule has 1 aromatic rings. The summed E-state index contributed by atoms with van der Waals surface area (Å²) in [6.45, 7) is 2.88. The first-order valence-corrected chi connectivity index (χ1v) is 7.16. The number of nitrogens with two attached hydrogens (primary N) is 1. The Hall–Kier alpha value is -1.36. The molecule has 1 fully saturated rings. The highest BCUT2D eigenvalue weighted by atomic mass is 16.1. The van der Waals surface area contributed by atoms with E-state index in [1.807, 2.05) is 17.9 Å². The molecule has 0 saturated heterocycles. The Bertz CT molecular complexity index is 441. The monoisotopic (exact) mass is 264 g/mol. The summed E-state index contributed by atoms with van der Waals surface area (Å²) in [6.07, 6.45) is 7.22. The number of hydrogen-bond donors (Lipinski definition) is 2. The molecule has 106 valence electrons. The third-order valence-electron chi connectivity index (χ3n) is 4.01. The lowest BCUT2D eigenvalue weighted by atomic mass is 9.84. The van der Waals surface area contributed by atoms with Crippen LogP contribution in [-0.2, 0) is 24.8 Å². The van der Waals surface area contributed by atoms with Gasteiger partial charge in [0, 0.05) is 31.4 Å². The molecule has 1 amide bonds. The van der Waals surface area contributed by atoms with Crippen molar-refractivity contribution in [2.45, 2.75) is 51.6 Å². The quantitative estimate of drug-likeness (QED) is 0.837. The van der Waals surface area contributed by atoms with E-state index < -0.39 is 0 Å². The Morgan fingerprint density at radius 3 is 2.95 bits per heavy atom. The first kappa shape index (κ1) is 14.1. The number of rotatable bonds is 5. The number of nitrogens with zero attached hydrogens (tertiary/aromatic N) is 2. The number of aryl methyl sites for hydroxylation is 2. The van der Waals surface area contributed by atoms with Crippen LogP contribution in [0.5, 0.6) is 0 Å². The predicted octanol–water partition coefficient (Wildman–Crippen LogP) is 1.12. The van der Waals surface area contributed by atoms with Gasteiger partial charge in [0.15, 0.2) is 0 Å². The summed E-state index contributed by atoms with van der Waals surface area (Å²) in [5.74, 6) is -0.186. The largest absolute Gasteiger partial charge is 0.369 e. The molecule has 2 rings (SSSR count). The van der Waals surface area contributed by atoms with Crippen LogP contribution in [0.15, 0.2) is 6.20 Å². The molecule has 1 saturated carbocycles. The maximum atomic E-state index is 11.5. The Morgan fingerprint density at radius 2 is 2.26 bits per heavy atom. The van der Waals surface area contributed by atoms with Gasteiger partial charge in [0.2, 0.25) is 5.91 Å². The van der Waals surface area contributed by atoms with Gasteiger partial charge in [-0.05, 0) is 19.3 Å². The first-order valence-electron chi connectivity index (χ1n) is 7.16. The van der Waals surface area contributed by atoms with Crippen LogP contribution < -0.4 is 11.1 Å². The number of nitrogens with one attached hydrogen (secondary N) is 1. The highest BCUT2D eigenvalue weighted by molar-refractivity contribution is 5.77.